The zero-order valence-corrected chi connectivity index (χ0v) is 12.4. The quantitative estimate of drug-likeness (QED) is 0.738. The molecule has 1 aromatic carbocycles. The average Bonchev–Trinajstić information content (AvgIpc) is 2.85. The van der Waals surface area contributed by atoms with Crippen LogP contribution in [0.25, 0.3) is 11.3 Å². The van der Waals surface area contributed by atoms with E-state index in [4.69, 9.17) is 5.11 Å². The van der Waals surface area contributed by atoms with Crippen LogP contribution in [0.3, 0.4) is 0 Å². The molecule has 0 amide bonds. The van der Waals surface area contributed by atoms with Crippen molar-refractivity contribution in [1.82, 2.24) is 4.98 Å². The highest BCUT2D eigenvalue weighted by Crippen LogP contribution is 2.44. The number of benzene rings is 1. The van der Waals surface area contributed by atoms with Crippen LogP contribution in [0.15, 0.2) is 27.0 Å². The van der Waals surface area contributed by atoms with Gasteiger partial charge in [0.25, 0.3) is 0 Å². The molecule has 3 nitrogen and oxygen atoms in total. The highest BCUT2D eigenvalue weighted by Gasteiger charge is 2.25. The van der Waals surface area contributed by atoms with Crippen molar-refractivity contribution >= 4 is 45.0 Å². The van der Waals surface area contributed by atoms with Gasteiger partial charge < -0.3 is 5.11 Å². The van der Waals surface area contributed by atoms with Crippen molar-refractivity contribution in [3.05, 3.63) is 33.1 Å². The lowest BCUT2D eigenvalue weighted by molar-refractivity contribution is -0.133. The van der Waals surface area contributed by atoms with Gasteiger partial charge in [0.1, 0.15) is 0 Å². The van der Waals surface area contributed by atoms with Crippen LogP contribution in [0.1, 0.15) is 10.4 Å². The third kappa shape index (κ3) is 2.08. The molecule has 18 heavy (non-hydrogen) atoms. The zero-order chi connectivity index (χ0) is 12.7. The van der Waals surface area contributed by atoms with Gasteiger partial charge in [0.05, 0.1) is 11.4 Å². The average molecular weight is 342 g/mol. The number of hydrogen-bond acceptors (Lipinski definition) is 4. The van der Waals surface area contributed by atoms with E-state index in [9.17, 15) is 4.79 Å². The summed E-state index contributed by atoms with van der Waals surface area (Å²) in [5, 5.41) is 8.67. The maximum Gasteiger partial charge on any atom is 0.313 e. The van der Waals surface area contributed by atoms with Gasteiger partial charge in [-0.15, -0.1) is 11.3 Å². The van der Waals surface area contributed by atoms with Crippen molar-refractivity contribution in [2.75, 3.05) is 5.75 Å². The van der Waals surface area contributed by atoms with Crippen LogP contribution in [-0.2, 0) is 11.2 Å². The van der Waals surface area contributed by atoms with Gasteiger partial charge in [-0.2, -0.15) is 0 Å². The van der Waals surface area contributed by atoms with Crippen LogP contribution in [0.2, 0.25) is 0 Å². The monoisotopic (exact) mass is 341 g/mol. The van der Waals surface area contributed by atoms with E-state index in [1.165, 1.54) is 22.2 Å². The number of nitrogens with zero attached hydrogens (tertiary/aromatic N) is 1. The van der Waals surface area contributed by atoms with Crippen molar-refractivity contribution in [1.29, 1.82) is 0 Å². The molecule has 0 fully saturated rings. The minimum Gasteiger partial charge on any atom is -0.481 e. The number of rotatable bonds is 3. The lowest BCUT2D eigenvalue weighted by Gasteiger charge is -2.01. The fourth-order valence-corrected chi connectivity index (χ4v) is 4.41. The van der Waals surface area contributed by atoms with Crippen molar-refractivity contribution < 1.29 is 9.90 Å². The van der Waals surface area contributed by atoms with E-state index in [1.807, 2.05) is 12.1 Å². The molecule has 1 aliphatic carbocycles. The van der Waals surface area contributed by atoms with Crippen LogP contribution < -0.4 is 0 Å². The number of hydrogen-bond donors (Lipinski definition) is 1. The Morgan fingerprint density at radius 3 is 3.17 bits per heavy atom. The fourth-order valence-electron chi connectivity index (χ4n) is 1.97. The number of carbonyl (C=O) groups is 1. The van der Waals surface area contributed by atoms with E-state index in [1.54, 1.807) is 11.3 Å². The lowest BCUT2D eigenvalue weighted by atomic mass is 10.1. The van der Waals surface area contributed by atoms with E-state index in [-0.39, 0.29) is 5.75 Å². The molecule has 0 saturated carbocycles. The number of thiazole rings is 1. The van der Waals surface area contributed by atoms with Gasteiger partial charge in [-0.25, -0.2) is 4.98 Å². The minimum atomic E-state index is -0.807. The first-order chi connectivity index (χ1) is 8.65. The van der Waals surface area contributed by atoms with Crippen molar-refractivity contribution in [3.8, 4) is 11.3 Å². The van der Waals surface area contributed by atoms with Gasteiger partial charge in [-0.3, -0.25) is 4.79 Å². The summed E-state index contributed by atoms with van der Waals surface area (Å²) in [5.41, 5.74) is 3.46. The molecular weight excluding hydrogens is 334 g/mol. The van der Waals surface area contributed by atoms with E-state index in [2.05, 4.69) is 27.0 Å². The number of aromatic nitrogens is 1. The number of carboxylic acids is 1. The van der Waals surface area contributed by atoms with Gasteiger partial charge in [-0.05, 0) is 11.6 Å². The number of fused-ring (bicyclic) bond motifs is 3. The predicted octanol–water partition coefficient (Wildman–Crippen LogP) is 3.65. The predicted molar refractivity (Wildman–Crippen MR) is 76.4 cm³/mol. The highest BCUT2D eigenvalue weighted by molar-refractivity contribution is 9.10. The summed E-state index contributed by atoms with van der Waals surface area (Å²) in [7, 11) is 0. The molecule has 0 atom stereocenters. The molecule has 3 rings (SSSR count). The number of aliphatic carboxylic acids is 1. The molecule has 0 saturated heterocycles. The van der Waals surface area contributed by atoms with Gasteiger partial charge in [0.15, 0.2) is 4.34 Å². The lowest BCUT2D eigenvalue weighted by Crippen LogP contribution is -1.97. The number of carboxylic acid groups (broad SMARTS) is 1. The standard InChI is InChI=1S/C12H8BrNO2S2/c13-8-3-1-2-6-7(8)4-9-11(6)14-12(18-9)17-5-10(15)16/h1-3H,4-5H2,(H,15,16). The molecular formula is C12H8BrNO2S2. The topological polar surface area (TPSA) is 50.2 Å². The van der Waals surface area contributed by atoms with Crippen molar-refractivity contribution in [2.45, 2.75) is 10.8 Å². The number of halogens is 1. The summed E-state index contributed by atoms with van der Waals surface area (Å²) in [5.74, 6) is -0.740. The zero-order valence-electron chi connectivity index (χ0n) is 9.14. The third-order valence-electron chi connectivity index (χ3n) is 2.71. The summed E-state index contributed by atoms with van der Waals surface area (Å²) in [4.78, 5) is 16.3. The molecule has 1 aliphatic rings. The highest BCUT2D eigenvalue weighted by atomic mass is 79.9. The van der Waals surface area contributed by atoms with Gasteiger partial charge in [-0.1, -0.05) is 39.8 Å². The Kier molecular flexibility index (Phi) is 3.17. The van der Waals surface area contributed by atoms with Gasteiger partial charge in [0.2, 0.25) is 0 Å². The minimum absolute atomic E-state index is 0.0672. The first-order valence-corrected chi connectivity index (χ1v) is 7.86. The Morgan fingerprint density at radius 1 is 1.56 bits per heavy atom. The third-order valence-corrected chi connectivity index (χ3v) is 5.63. The normalized spacial score (nSPS) is 12.3. The Morgan fingerprint density at radius 2 is 2.39 bits per heavy atom. The molecule has 0 bridgehead atoms. The molecule has 0 aliphatic heterocycles. The first-order valence-electron chi connectivity index (χ1n) is 5.27. The van der Waals surface area contributed by atoms with Crippen LogP contribution in [-0.4, -0.2) is 21.8 Å². The van der Waals surface area contributed by atoms with Crippen LogP contribution in [0.5, 0.6) is 0 Å². The molecule has 0 radical (unpaired) electrons. The second kappa shape index (κ2) is 4.68. The van der Waals surface area contributed by atoms with Gasteiger partial charge >= 0.3 is 5.97 Å². The Hall–Kier alpha value is -0.850. The van der Waals surface area contributed by atoms with E-state index in [0.717, 1.165) is 26.5 Å². The SMILES string of the molecule is O=C(O)CSc1nc2c(s1)Cc1c(Br)cccc1-2. The van der Waals surface area contributed by atoms with Crippen molar-refractivity contribution in [3.63, 3.8) is 0 Å². The van der Waals surface area contributed by atoms with Crippen LogP contribution in [0.4, 0.5) is 0 Å². The maximum absolute atomic E-state index is 10.5. The van der Waals surface area contributed by atoms with Crippen molar-refractivity contribution in [2.24, 2.45) is 0 Å². The molecule has 1 heterocycles. The Balaban J connectivity index is 1.93. The van der Waals surface area contributed by atoms with Gasteiger partial charge in [0, 0.05) is 21.3 Å². The Bertz CT molecular complexity index is 639. The smallest absolute Gasteiger partial charge is 0.313 e. The number of thioether (sulfide) groups is 1. The van der Waals surface area contributed by atoms with E-state index < -0.39 is 5.97 Å². The summed E-state index contributed by atoms with van der Waals surface area (Å²) < 4.78 is 1.96. The Labute approximate surface area is 120 Å². The molecule has 0 unspecified atom stereocenters. The molecule has 0 spiro atoms. The fraction of sp³-hybridized carbons (Fsp3) is 0.167. The molecule has 1 aromatic heterocycles. The summed E-state index contributed by atoms with van der Waals surface area (Å²) in [6.07, 6.45) is 0.886. The summed E-state index contributed by atoms with van der Waals surface area (Å²) in [6, 6.07) is 6.11. The second-order valence-corrected chi connectivity index (χ2v) is 7.04. The van der Waals surface area contributed by atoms with Crippen LogP contribution >= 0.6 is 39.0 Å². The molecule has 92 valence electrons. The first kappa shape index (κ1) is 12.2. The molecule has 6 heteroatoms. The van der Waals surface area contributed by atoms with E-state index in [0.29, 0.717) is 0 Å². The maximum atomic E-state index is 10.5. The van der Waals surface area contributed by atoms with Crippen LogP contribution in [0, 0.1) is 0 Å². The largest absolute Gasteiger partial charge is 0.481 e. The summed E-state index contributed by atoms with van der Waals surface area (Å²) >= 11 is 6.44. The second-order valence-electron chi connectivity index (χ2n) is 3.88. The summed E-state index contributed by atoms with van der Waals surface area (Å²) in [6.45, 7) is 0. The molecule has 2 aromatic rings. The molecule has 1 N–H and O–H groups in total. The van der Waals surface area contributed by atoms with E-state index >= 15 is 0 Å².